The van der Waals surface area contributed by atoms with E-state index in [9.17, 15) is 19.3 Å². The molecule has 0 bridgehead atoms. The fourth-order valence-electron chi connectivity index (χ4n) is 5.01. The second-order valence-electron chi connectivity index (χ2n) is 10.7. The molecular formula is C29H44N3O8P. The van der Waals surface area contributed by atoms with E-state index in [2.05, 4.69) is 15.1 Å². The first-order valence-corrected chi connectivity index (χ1v) is 16.0. The van der Waals surface area contributed by atoms with Gasteiger partial charge in [0.1, 0.15) is 24.0 Å². The highest BCUT2D eigenvalue weighted by molar-refractivity contribution is 7.57. The smallest absolute Gasteiger partial charge is 0.344 e. The molecule has 0 saturated carbocycles. The van der Waals surface area contributed by atoms with Crippen molar-refractivity contribution >= 4 is 25.2 Å². The van der Waals surface area contributed by atoms with Crippen LogP contribution in [0.15, 0.2) is 16.8 Å². The van der Waals surface area contributed by atoms with Crippen LogP contribution in [0.5, 0.6) is 5.75 Å². The van der Waals surface area contributed by atoms with E-state index in [1.807, 2.05) is 19.9 Å². The number of hydrogen-bond donors (Lipinski definition) is 2. The number of morpholine rings is 1. The number of oxime groups is 1. The van der Waals surface area contributed by atoms with E-state index in [4.69, 9.17) is 18.8 Å². The molecule has 1 fully saturated rings. The lowest BCUT2D eigenvalue weighted by molar-refractivity contribution is -0.145. The monoisotopic (exact) mass is 593 g/mol. The van der Waals surface area contributed by atoms with Crippen LogP contribution in [0.1, 0.15) is 73.7 Å². The van der Waals surface area contributed by atoms with Crippen molar-refractivity contribution in [3.8, 4) is 5.75 Å². The Morgan fingerprint density at radius 2 is 1.95 bits per heavy atom. The number of nitrogens with one attached hydrogen (secondary N) is 1. The maximum Gasteiger partial charge on any atom is 0.344 e. The summed E-state index contributed by atoms with van der Waals surface area (Å²) in [5.74, 6) is -1.11. The van der Waals surface area contributed by atoms with Gasteiger partial charge in [0.05, 0.1) is 31.7 Å². The number of hydrogen-bond acceptors (Lipinski definition) is 10. The van der Waals surface area contributed by atoms with Gasteiger partial charge in [-0.3, -0.25) is 14.3 Å². The molecule has 1 unspecified atom stereocenters. The molecule has 1 aromatic carbocycles. The SMILES string of the molecule is CCc1c(C)c2c(c(O)c1C/C=C(\C)CP(=O)(N[C@@H](C)C(=O)OCCCN1CCOCC1)ON=C(C)C)C(=O)OC2. The number of allylic oxidation sites excluding steroid dienone is 2. The number of cyclic esters (lactones) is 1. The Morgan fingerprint density at radius 1 is 1.24 bits per heavy atom. The van der Waals surface area contributed by atoms with Crippen LogP contribution in [0, 0.1) is 6.92 Å². The maximum absolute atomic E-state index is 13.8. The molecule has 12 heteroatoms. The minimum absolute atomic E-state index is 0.0212. The molecule has 41 heavy (non-hydrogen) atoms. The third-order valence-corrected chi connectivity index (χ3v) is 9.22. The molecule has 2 atom stereocenters. The number of benzene rings is 1. The summed E-state index contributed by atoms with van der Waals surface area (Å²) in [5.41, 5.74) is 4.77. The minimum Gasteiger partial charge on any atom is -0.507 e. The van der Waals surface area contributed by atoms with Crippen LogP contribution in [-0.2, 0) is 47.6 Å². The summed E-state index contributed by atoms with van der Waals surface area (Å²) in [6.45, 7) is 15.1. The van der Waals surface area contributed by atoms with Gasteiger partial charge >= 0.3 is 19.5 Å². The number of nitrogens with zero attached hydrogens (tertiary/aromatic N) is 2. The summed E-state index contributed by atoms with van der Waals surface area (Å²) in [6, 6.07) is -0.884. The lowest BCUT2D eigenvalue weighted by atomic mass is 9.89. The summed E-state index contributed by atoms with van der Waals surface area (Å²) in [6.07, 6.45) is 3.50. The van der Waals surface area contributed by atoms with Gasteiger partial charge in [-0.1, -0.05) is 23.7 Å². The lowest BCUT2D eigenvalue weighted by Crippen LogP contribution is -2.38. The average Bonchev–Trinajstić information content (AvgIpc) is 3.33. The van der Waals surface area contributed by atoms with Crippen molar-refractivity contribution in [2.45, 2.75) is 73.5 Å². The number of carbonyl (C=O) groups excluding carboxylic acids is 2. The van der Waals surface area contributed by atoms with Gasteiger partial charge in [-0.05, 0) is 65.0 Å². The highest BCUT2D eigenvalue weighted by atomic mass is 31.2. The second-order valence-corrected chi connectivity index (χ2v) is 12.8. The molecule has 228 valence electrons. The van der Waals surface area contributed by atoms with Gasteiger partial charge < -0.3 is 23.9 Å². The average molecular weight is 594 g/mol. The molecule has 0 aromatic heterocycles. The number of carbonyl (C=O) groups is 2. The summed E-state index contributed by atoms with van der Waals surface area (Å²) >= 11 is 0. The number of phenolic OH excluding ortho intramolecular Hbond substituents is 1. The van der Waals surface area contributed by atoms with Crippen molar-refractivity contribution < 1.29 is 38.1 Å². The van der Waals surface area contributed by atoms with Gasteiger partial charge in [-0.2, -0.15) is 0 Å². The third-order valence-electron chi connectivity index (χ3n) is 7.18. The Hall–Kier alpha value is -2.72. The summed E-state index contributed by atoms with van der Waals surface area (Å²) in [4.78, 5) is 27.2. The van der Waals surface area contributed by atoms with E-state index < -0.39 is 25.5 Å². The van der Waals surface area contributed by atoms with Crippen molar-refractivity contribution in [1.82, 2.24) is 9.99 Å². The maximum atomic E-state index is 13.8. The molecule has 11 nitrogen and oxygen atoms in total. The molecule has 2 N–H and O–H groups in total. The Kier molecular flexibility index (Phi) is 12.0. The van der Waals surface area contributed by atoms with Crippen molar-refractivity contribution in [3.05, 3.63) is 39.5 Å². The van der Waals surface area contributed by atoms with Gasteiger partial charge in [0.25, 0.3) is 0 Å². The van der Waals surface area contributed by atoms with Crippen LogP contribution in [-0.4, -0.2) is 79.3 Å². The van der Waals surface area contributed by atoms with E-state index >= 15 is 0 Å². The first kappa shape index (κ1) is 32.8. The highest BCUT2D eigenvalue weighted by Crippen LogP contribution is 2.45. The Bertz CT molecular complexity index is 1220. The zero-order valence-electron chi connectivity index (χ0n) is 25.1. The summed E-state index contributed by atoms with van der Waals surface area (Å²) in [5, 5.41) is 17.7. The topological polar surface area (TPSA) is 136 Å². The molecular weight excluding hydrogens is 549 g/mol. The van der Waals surface area contributed by atoms with Gasteiger partial charge in [0.2, 0.25) is 0 Å². The van der Waals surface area contributed by atoms with Crippen LogP contribution < -0.4 is 5.09 Å². The zero-order chi connectivity index (χ0) is 30.2. The number of fused-ring (bicyclic) bond motifs is 1. The molecule has 0 amide bonds. The summed E-state index contributed by atoms with van der Waals surface area (Å²) < 4.78 is 35.2. The van der Waals surface area contributed by atoms with Crippen LogP contribution in [0.2, 0.25) is 0 Å². The fourth-order valence-corrected chi connectivity index (χ4v) is 6.99. The number of rotatable bonds is 14. The first-order chi connectivity index (χ1) is 19.5. The Morgan fingerprint density at radius 3 is 2.61 bits per heavy atom. The van der Waals surface area contributed by atoms with E-state index in [1.165, 1.54) is 0 Å². The number of esters is 2. The van der Waals surface area contributed by atoms with Crippen molar-refractivity contribution in [2.24, 2.45) is 5.16 Å². The normalized spacial score (nSPS) is 17.8. The van der Waals surface area contributed by atoms with Crippen molar-refractivity contribution in [3.63, 3.8) is 0 Å². The van der Waals surface area contributed by atoms with Crippen LogP contribution >= 0.6 is 7.52 Å². The van der Waals surface area contributed by atoms with Crippen LogP contribution in [0.3, 0.4) is 0 Å². The number of phenols is 1. The van der Waals surface area contributed by atoms with E-state index in [0.29, 0.717) is 49.3 Å². The van der Waals surface area contributed by atoms with Crippen LogP contribution in [0.4, 0.5) is 0 Å². The van der Waals surface area contributed by atoms with E-state index in [0.717, 1.165) is 36.3 Å². The molecule has 1 saturated heterocycles. The molecule has 2 aliphatic rings. The molecule has 0 aliphatic carbocycles. The molecule has 2 heterocycles. The number of aromatic hydroxyl groups is 1. The van der Waals surface area contributed by atoms with Gasteiger partial charge in [-0.25, -0.2) is 9.88 Å². The minimum atomic E-state index is -3.65. The second kappa shape index (κ2) is 15.0. The van der Waals surface area contributed by atoms with E-state index in [-0.39, 0.29) is 30.7 Å². The summed E-state index contributed by atoms with van der Waals surface area (Å²) in [7, 11) is -3.65. The van der Waals surface area contributed by atoms with Gasteiger partial charge in [0, 0.05) is 30.8 Å². The quantitative estimate of drug-likeness (QED) is 0.0804. The molecule has 0 radical (unpaired) electrons. The molecule has 0 spiro atoms. The van der Waals surface area contributed by atoms with Gasteiger partial charge in [0.15, 0.2) is 0 Å². The van der Waals surface area contributed by atoms with E-state index in [1.54, 1.807) is 27.7 Å². The predicted molar refractivity (Wildman–Crippen MR) is 157 cm³/mol. The molecule has 2 aliphatic heterocycles. The third kappa shape index (κ3) is 8.88. The number of ether oxygens (including phenoxy) is 3. The largest absolute Gasteiger partial charge is 0.507 e. The fraction of sp³-hybridized carbons (Fsp3) is 0.621. The first-order valence-electron chi connectivity index (χ1n) is 14.2. The predicted octanol–water partition coefficient (Wildman–Crippen LogP) is 4.27. The van der Waals surface area contributed by atoms with Crippen molar-refractivity contribution in [1.29, 1.82) is 0 Å². The zero-order valence-corrected chi connectivity index (χ0v) is 26.0. The van der Waals surface area contributed by atoms with Gasteiger partial charge in [-0.15, -0.1) is 0 Å². The molecule has 3 rings (SSSR count). The van der Waals surface area contributed by atoms with Crippen LogP contribution in [0.25, 0.3) is 0 Å². The standard InChI is InChI=1S/C29H44N3O8P/c1-7-23-21(5)25-17-39-29(35)26(25)27(33)24(23)10-9-20(4)18-41(36,40-30-19(2)3)31-22(6)28(34)38-14-8-11-32-12-15-37-16-13-32/h9,22,33H,7-8,10-18H2,1-6H3,(H,31,36)/b20-9+/t22-,41?/m0/s1. The lowest BCUT2D eigenvalue weighted by Gasteiger charge is -2.26. The highest BCUT2D eigenvalue weighted by Gasteiger charge is 2.32. The Balaban J connectivity index is 1.67. The Labute approximate surface area is 242 Å². The molecule has 1 aromatic rings. The van der Waals surface area contributed by atoms with Crippen molar-refractivity contribution in [2.75, 3.05) is 45.6 Å².